The van der Waals surface area contributed by atoms with E-state index < -0.39 is 44.7 Å². The molecule has 0 bridgehead atoms. The number of ether oxygens (including phenoxy) is 1. The van der Waals surface area contributed by atoms with Crippen LogP contribution >= 0.6 is 0 Å². The summed E-state index contributed by atoms with van der Waals surface area (Å²) in [5, 5.41) is 0. The molecule has 1 saturated heterocycles. The number of nitrogens with zero attached hydrogens (tertiary/aromatic N) is 1. The minimum atomic E-state index is -3.57. The van der Waals surface area contributed by atoms with Crippen LogP contribution in [0.3, 0.4) is 0 Å². The molecule has 0 radical (unpaired) electrons. The lowest BCUT2D eigenvalue weighted by molar-refractivity contribution is -0.133. The maximum atomic E-state index is 16.0. The fourth-order valence-corrected chi connectivity index (χ4v) is 5.83. The van der Waals surface area contributed by atoms with Gasteiger partial charge < -0.3 is 9.64 Å². The molecule has 4 rings (SSSR count). The standard InChI is InChI=1S/C23H25F3N2O4S/c1-32-14-22(27-33(2,30)31)10-11-28(13-22)21(29)17-12-23(17,26)16-7-4-3-6-15(16)20-18(24)8-5-9-19(20)25/h3-9,17,27H,10-14H2,1-2H3/t17-,22?,23+/m0/s1. The number of carbonyl (C=O) groups is 1. The van der Waals surface area contributed by atoms with Gasteiger partial charge in [0.1, 0.15) is 17.3 Å². The highest BCUT2D eigenvalue weighted by molar-refractivity contribution is 7.88. The summed E-state index contributed by atoms with van der Waals surface area (Å²) in [5.41, 5.74) is -3.26. The Morgan fingerprint density at radius 3 is 2.48 bits per heavy atom. The van der Waals surface area contributed by atoms with Gasteiger partial charge in [-0.3, -0.25) is 4.79 Å². The molecule has 1 unspecified atom stereocenters. The Morgan fingerprint density at radius 2 is 1.85 bits per heavy atom. The zero-order valence-electron chi connectivity index (χ0n) is 18.3. The summed E-state index contributed by atoms with van der Waals surface area (Å²) >= 11 is 0. The van der Waals surface area contributed by atoms with Gasteiger partial charge in [-0.1, -0.05) is 30.3 Å². The number of carbonyl (C=O) groups excluding carboxylic acids is 1. The summed E-state index contributed by atoms with van der Waals surface area (Å²) in [7, 11) is -2.13. The van der Waals surface area contributed by atoms with Crippen molar-refractivity contribution in [3.8, 4) is 11.1 Å². The van der Waals surface area contributed by atoms with Crippen LogP contribution < -0.4 is 4.72 Å². The van der Waals surface area contributed by atoms with Crippen LogP contribution in [0.2, 0.25) is 0 Å². The summed E-state index contributed by atoms with van der Waals surface area (Å²) in [6.07, 6.45) is 1.23. The Labute approximate surface area is 190 Å². The van der Waals surface area contributed by atoms with Gasteiger partial charge in [0.05, 0.1) is 29.9 Å². The predicted molar refractivity (Wildman–Crippen MR) is 116 cm³/mol. The van der Waals surface area contributed by atoms with E-state index in [4.69, 9.17) is 4.74 Å². The number of amides is 1. The third kappa shape index (κ3) is 4.51. The maximum absolute atomic E-state index is 16.0. The first-order valence-electron chi connectivity index (χ1n) is 10.5. The van der Waals surface area contributed by atoms with Crippen molar-refractivity contribution in [2.75, 3.05) is 33.1 Å². The molecule has 1 aliphatic heterocycles. The number of nitrogens with one attached hydrogen (secondary N) is 1. The topological polar surface area (TPSA) is 75.7 Å². The first-order chi connectivity index (χ1) is 15.5. The molecular formula is C23H25F3N2O4S. The lowest BCUT2D eigenvalue weighted by Crippen LogP contribution is -2.53. The Bertz CT molecular complexity index is 1170. The molecule has 1 saturated carbocycles. The molecule has 2 aromatic rings. The smallest absolute Gasteiger partial charge is 0.229 e. The van der Waals surface area contributed by atoms with E-state index in [-0.39, 0.29) is 42.8 Å². The molecule has 178 valence electrons. The molecule has 3 atom stereocenters. The molecule has 6 nitrogen and oxygen atoms in total. The molecule has 1 N–H and O–H groups in total. The monoisotopic (exact) mass is 482 g/mol. The molecule has 1 heterocycles. The molecule has 33 heavy (non-hydrogen) atoms. The van der Waals surface area contributed by atoms with E-state index in [2.05, 4.69) is 4.72 Å². The minimum Gasteiger partial charge on any atom is -0.383 e. The Kier molecular flexibility index (Phi) is 6.05. The average molecular weight is 483 g/mol. The summed E-state index contributed by atoms with van der Waals surface area (Å²) in [6, 6.07) is 9.44. The average Bonchev–Trinajstić information content (AvgIpc) is 3.26. The molecular weight excluding hydrogens is 457 g/mol. The zero-order valence-corrected chi connectivity index (χ0v) is 19.1. The van der Waals surface area contributed by atoms with E-state index in [1.54, 1.807) is 12.1 Å². The number of methoxy groups -OCH3 is 1. The van der Waals surface area contributed by atoms with E-state index in [1.165, 1.54) is 30.2 Å². The maximum Gasteiger partial charge on any atom is 0.229 e. The van der Waals surface area contributed by atoms with Gasteiger partial charge in [-0.15, -0.1) is 0 Å². The summed E-state index contributed by atoms with van der Waals surface area (Å²) in [4.78, 5) is 14.6. The van der Waals surface area contributed by atoms with E-state index in [0.717, 1.165) is 18.4 Å². The van der Waals surface area contributed by atoms with Crippen LogP contribution in [0.15, 0.2) is 42.5 Å². The second kappa shape index (κ2) is 8.41. The van der Waals surface area contributed by atoms with Crippen molar-refractivity contribution in [1.29, 1.82) is 0 Å². The molecule has 2 aromatic carbocycles. The fourth-order valence-electron chi connectivity index (χ4n) is 4.82. The molecule has 0 spiro atoms. The van der Waals surface area contributed by atoms with Crippen LogP contribution in [0, 0.1) is 17.6 Å². The predicted octanol–water partition coefficient (Wildman–Crippen LogP) is 2.98. The van der Waals surface area contributed by atoms with Crippen LogP contribution in [0.4, 0.5) is 13.2 Å². The Hall–Kier alpha value is -2.43. The second-order valence-corrected chi connectivity index (χ2v) is 10.6. The van der Waals surface area contributed by atoms with Crippen molar-refractivity contribution in [2.45, 2.75) is 24.0 Å². The van der Waals surface area contributed by atoms with Crippen molar-refractivity contribution >= 4 is 15.9 Å². The number of hydrogen-bond acceptors (Lipinski definition) is 4. The first-order valence-corrected chi connectivity index (χ1v) is 12.4. The largest absolute Gasteiger partial charge is 0.383 e. The van der Waals surface area contributed by atoms with Crippen LogP contribution in [-0.4, -0.2) is 57.8 Å². The second-order valence-electron chi connectivity index (χ2n) is 8.86. The summed E-state index contributed by atoms with van der Waals surface area (Å²) in [5.74, 6) is -3.12. The number of alkyl halides is 1. The number of sulfonamides is 1. The number of hydrogen-bond donors (Lipinski definition) is 1. The summed E-state index contributed by atoms with van der Waals surface area (Å²) < 4.78 is 76.2. The SMILES string of the molecule is COCC1(NS(C)(=O)=O)CCN(C(=O)[C@@H]2C[C@@]2(F)c2ccccc2-c2c(F)cccc2F)C1. The van der Waals surface area contributed by atoms with Crippen molar-refractivity contribution in [3.05, 3.63) is 59.7 Å². The number of halogens is 3. The lowest BCUT2D eigenvalue weighted by atomic mass is 9.93. The first kappa shape index (κ1) is 23.7. The van der Waals surface area contributed by atoms with Crippen molar-refractivity contribution in [2.24, 2.45) is 5.92 Å². The summed E-state index contributed by atoms with van der Waals surface area (Å²) in [6.45, 7) is 0.342. The molecule has 2 fully saturated rings. The highest BCUT2D eigenvalue weighted by Gasteiger charge is 2.63. The van der Waals surface area contributed by atoms with Crippen molar-refractivity contribution < 1.29 is 31.1 Å². The number of likely N-dealkylation sites (tertiary alicyclic amines) is 1. The number of rotatable bonds is 7. The van der Waals surface area contributed by atoms with E-state index in [0.29, 0.717) is 6.42 Å². The van der Waals surface area contributed by atoms with Gasteiger partial charge >= 0.3 is 0 Å². The van der Waals surface area contributed by atoms with Crippen LogP contribution in [-0.2, 0) is 25.2 Å². The molecule has 1 amide bonds. The highest BCUT2D eigenvalue weighted by atomic mass is 32.2. The molecule has 0 aromatic heterocycles. The fraction of sp³-hybridized carbons (Fsp3) is 0.435. The number of benzene rings is 2. The van der Waals surface area contributed by atoms with Crippen LogP contribution in [0.1, 0.15) is 18.4 Å². The molecule has 1 aliphatic carbocycles. The van der Waals surface area contributed by atoms with Crippen molar-refractivity contribution in [1.82, 2.24) is 9.62 Å². The third-order valence-corrected chi connectivity index (χ3v) is 7.09. The quantitative estimate of drug-likeness (QED) is 0.659. The van der Waals surface area contributed by atoms with Gasteiger partial charge in [-0.2, -0.15) is 0 Å². The third-order valence-electron chi connectivity index (χ3n) is 6.29. The molecule has 10 heteroatoms. The van der Waals surface area contributed by atoms with Gasteiger partial charge in [0.2, 0.25) is 15.9 Å². The lowest BCUT2D eigenvalue weighted by Gasteiger charge is -2.29. The Morgan fingerprint density at radius 1 is 1.18 bits per heavy atom. The van der Waals surface area contributed by atoms with Crippen LogP contribution in [0.5, 0.6) is 0 Å². The van der Waals surface area contributed by atoms with Crippen molar-refractivity contribution in [3.63, 3.8) is 0 Å². The van der Waals surface area contributed by atoms with Gasteiger partial charge in [0.15, 0.2) is 0 Å². The van der Waals surface area contributed by atoms with Gasteiger partial charge in [-0.05, 0) is 29.7 Å². The normalized spacial score (nSPS) is 27.1. The van der Waals surface area contributed by atoms with E-state index >= 15 is 4.39 Å². The molecule has 2 aliphatic rings. The highest BCUT2D eigenvalue weighted by Crippen LogP contribution is 2.59. The zero-order chi connectivity index (χ0) is 24.0. The van der Waals surface area contributed by atoms with Crippen LogP contribution in [0.25, 0.3) is 11.1 Å². The van der Waals surface area contributed by atoms with E-state index in [9.17, 15) is 22.0 Å². The van der Waals surface area contributed by atoms with Gasteiger partial charge in [0.25, 0.3) is 0 Å². The minimum absolute atomic E-state index is 0.0446. The Balaban J connectivity index is 1.59. The van der Waals surface area contributed by atoms with E-state index in [1.807, 2.05) is 0 Å². The van der Waals surface area contributed by atoms with Gasteiger partial charge in [-0.25, -0.2) is 26.3 Å². The van der Waals surface area contributed by atoms with Gasteiger partial charge in [0, 0.05) is 26.6 Å².